The molecule has 0 aromatic heterocycles. The molecule has 3 heteroatoms. The highest BCUT2D eigenvalue weighted by Gasteiger charge is 2.16. The summed E-state index contributed by atoms with van der Waals surface area (Å²) < 4.78 is 1.06. The lowest BCUT2D eigenvalue weighted by atomic mass is 9.94. The van der Waals surface area contributed by atoms with Crippen LogP contribution in [0.5, 0.6) is 0 Å². The maximum atomic E-state index is 5.75. The highest BCUT2D eigenvalue weighted by Crippen LogP contribution is 2.30. The van der Waals surface area contributed by atoms with E-state index in [0.717, 1.165) is 10.0 Å². The minimum atomic E-state index is 0.000440. The lowest BCUT2D eigenvalue weighted by molar-refractivity contribution is 0.631. The summed E-state index contributed by atoms with van der Waals surface area (Å²) in [6.07, 6.45) is 0. The Kier molecular flexibility index (Phi) is 4.17. The van der Waals surface area contributed by atoms with Gasteiger partial charge in [-0.1, -0.05) is 57.9 Å². The van der Waals surface area contributed by atoms with Crippen LogP contribution in [0.3, 0.4) is 0 Å². The van der Waals surface area contributed by atoms with Crippen molar-refractivity contribution in [3.63, 3.8) is 0 Å². The molecular weight excluding hydrogens is 288 g/mol. The molecule has 2 nitrogen and oxygen atoms in total. The van der Waals surface area contributed by atoms with Crippen LogP contribution in [0.4, 0.5) is 0 Å². The number of hydrogen-bond donors (Lipinski definition) is 2. The van der Waals surface area contributed by atoms with Crippen molar-refractivity contribution >= 4 is 15.9 Å². The van der Waals surface area contributed by atoms with Gasteiger partial charge in [-0.05, 0) is 36.6 Å². The van der Waals surface area contributed by atoms with E-state index in [2.05, 4.69) is 59.5 Å². The molecule has 94 valence electrons. The van der Waals surface area contributed by atoms with Crippen molar-refractivity contribution in [2.75, 3.05) is 0 Å². The maximum Gasteiger partial charge on any atom is 0.0723 e. The first-order valence-corrected chi connectivity index (χ1v) is 6.70. The number of aryl methyl sites for hydroxylation is 2. The third kappa shape index (κ3) is 2.64. The third-order valence-electron chi connectivity index (χ3n) is 3.13. The summed E-state index contributed by atoms with van der Waals surface area (Å²) in [5.74, 6) is 5.75. The van der Waals surface area contributed by atoms with Crippen LogP contribution >= 0.6 is 15.9 Å². The lowest BCUT2D eigenvalue weighted by Gasteiger charge is -2.20. The van der Waals surface area contributed by atoms with Gasteiger partial charge in [0.2, 0.25) is 0 Å². The number of nitrogens with one attached hydrogen (secondary N) is 1. The molecule has 0 bridgehead atoms. The molecule has 0 heterocycles. The van der Waals surface area contributed by atoms with Crippen LogP contribution in [0.15, 0.2) is 46.9 Å². The van der Waals surface area contributed by atoms with Gasteiger partial charge in [-0.3, -0.25) is 5.84 Å². The fraction of sp³-hybridized carbons (Fsp3) is 0.200. The van der Waals surface area contributed by atoms with Gasteiger partial charge in [0.15, 0.2) is 0 Å². The number of rotatable bonds is 3. The summed E-state index contributed by atoms with van der Waals surface area (Å²) in [4.78, 5) is 0. The standard InChI is InChI=1S/C15H17BrN2/c1-10-7-8-11(2)13(9-10)15(18-17)12-5-3-4-6-14(12)16/h3-9,15,18H,17H2,1-2H3. The van der Waals surface area contributed by atoms with Gasteiger partial charge < -0.3 is 0 Å². The molecule has 0 saturated carbocycles. The van der Waals surface area contributed by atoms with Crippen molar-refractivity contribution in [3.8, 4) is 0 Å². The van der Waals surface area contributed by atoms with Gasteiger partial charge in [0.25, 0.3) is 0 Å². The van der Waals surface area contributed by atoms with E-state index < -0.39 is 0 Å². The Hall–Kier alpha value is -1.16. The lowest BCUT2D eigenvalue weighted by Crippen LogP contribution is -2.29. The zero-order valence-corrected chi connectivity index (χ0v) is 12.2. The van der Waals surface area contributed by atoms with E-state index >= 15 is 0 Å². The van der Waals surface area contributed by atoms with E-state index in [1.54, 1.807) is 0 Å². The first-order valence-electron chi connectivity index (χ1n) is 5.91. The van der Waals surface area contributed by atoms with E-state index in [0.29, 0.717) is 0 Å². The van der Waals surface area contributed by atoms with Crippen molar-refractivity contribution in [1.29, 1.82) is 0 Å². The first kappa shape index (κ1) is 13.3. The van der Waals surface area contributed by atoms with Crippen molar-refractivity contribution in [2.45, 2.75) is 19.9 Å². The van der Waals surface area contributed by atoms with Crippen LogP contribution in [0.2, 0.25) is 0 Å². The minimum absolute atomic E-state index is 0.000440. The largest absolute Gasteiger partial charge is 0.271 e. The molecule has 3 N–H and O–H groups in total. The van der Waals surface area contributed by atoms with Crippen LogP contribution in [0, 0.1) is 13.8 Å². The van der Waals surface area contributed by atoms with Crippen molar-refractivity contribution in [3.05, 3.63) is 69.2 Å². The fourth-order valence-corrected chi connectivity index (χ4v) is 2.64. The molecule has 0 radical (unpaired) electrons. The average Bonchev–Trinajstić information content (AvgIpc) is 2.36. The fourth-order valence-electron chi connectivity index (χ4n) is 2.13. The van der Waals surface area contributed by atoms with Crippen molar-refractivity contribution in [2.24, 2.45) is 5.84 Å². The van der Waals surface area contributed by atoms with Gasteiger partial charge in [0.05, 0.1) is 6.04 Å². The summed E-state index contributed by atoms with van der Waals surface area (Å²) in [6.45, 7) is 4.20. The molecule has 0 aliphatic rings. The van der Waals surface area contributed by atoms with E-state index in [9.17, 15) is 0 Å². The summed E-state index contributed by atoms with van der Waals surface area (Å²) in [7, 11) is 0. The van der Waals surface area contributed by atoms with Crippen LogP contribution < -0.4 is 11.3 Å². The Morgan fingerprint density at radius 2 is 1.78 bits per heavy atom. The first-order chi connectivity index (χ1) is 8.63. The molecule has 0 saturated heterocycles. The van der Waals surface area contributed by atoms with Gasteiger partial charge in [0, 0.05) is 4.47 Å². The number of benzene rings is 2. The van der Waals surface area contributed by atoms with Crippen LogP contribution in [-0.2, 0) is 0 Å². The van der Waals surface area contributed by atoms with Crippen LogP contribution in [-0.4, -0.2) is 0 Å². The average molecular weight is 305 g/mol. The molecule has 18 heavy (non-hydrogen) atoms. The molecule has 0 aliphatic heterocycles. The van der Waals surface area contributed by atoms with E-state index in [4.69, 9.17) is 5.84 Å². The number of hydrogen-bond acceptors (Lipinski definition) is 2. The van der Waals surface area contributed by atoms with Gasteiger partial charge in [0.1, 0.15) is 0 Å². The van der Waals surface area contributed by atoms with Crippen LogP contribution in [0.25, 0.3) is 0 Å². The molecule has 2 aromatic carbocycles. The van der Waals surface area contributed by atoms with E-state index in [1.165, 1.54) is 16.7 Å². The molecule has 0 fully saturated rings. The van der Waals surface area contributed by atoms with Gasteiger partial charge in [-0.15, -0.1) is 0 Å². The number of nitrogens with two attached hydrogens (primary N) is 1. The predicted octanol–water partition coefficient (Wildman–Crippen LogP) is 3.62. The van der Waals surface area contributed by atoms with Gasteiger partial charge in [-0.2, -0.15) is 0 Å². The smallest absolute Gasteiger partial charge is 0.0723 e. The predicted molar refractivity (Wildman–Crippen MR) is 79.2 cm³/mol. The topological polar surface area (TPSA) is 38.0 Å². The van der Waals surface area contributed by atoms with Gasteiger partial charge >= 0.3 is 0 Å². The summed E-state index contributed by atoms with van der Waals surface area (Å²) in [6, 6.07) is 14.6. The van der Waals surface area contributed by atoms with Gasteiger partial charge in [-0.25, -0.2) is 5.43 Å². The Bertz CT molecular complexity index is 552. The molecule has 2 aromatic rings. The molecule has 1 unspecified atom stereocenters. The second-order valence-electron chi connectivity index (χ2n) is 4.48. The molecule has 0 aliphatic carbocycles. The zero-order chi connectivity index (χ0) is 13.1. The Balaban J connectivity index is 2.52. The van der Waals surface area contributed by atoms with Crippen LogP contribution in [0.1, 0.15) is 28.3 Å². The molecule has 0 spiro atoms. The molecule has 2 rings (SSSR count). The minimum Gasteiger partial charge on any atom is -0.271 e. The number of halogens is 1. The Morgan fingerprint density at radius 3 is 2.44 bits per heavy atom. The summed E-state index contributed by atoms with van der Waals surface area (Å²) in [5.41, 5.74) is 7.75. The van der Waals surface area contributed by atoms with E-state index in [-0.39, 0.29) is 6.04 Å². The zero-order valence-electron chi connectivity index (χ0n) is 10.6. The van der Waals surface area contributed by atoms with E-state index in [1.807, 2.05) is 18.2 Å². The Morgan fingerprint density at radius 1 is 1.06 bits per heavy atom. The number of hydrazine groups is 1. The summed E-state index contributed by atoms with van der Waals surface area (Å²) >= 11 is 3.58. The highest BCUT2D eigenvalue weighted by molar-refractivity contribution is 9.10. The van der Waals surface area contributed by atoms with Crippen molar-refractivity contribution < 1.29 is 0 Å². The van der Waals surface area contributed by atoms with Crippen molar-refractivity contribution in [1.82, 2.24) is 5.43 Å². The monoisotopic (exact) mass is 304 g/mol. The normalized spacial score (nSPS) is 12.4. The maximum absolute atomic E-state index is 5.75. The quantitative estimate of drug-likeness (QED) is 0.671. The molecule has 0 amide bonds. The Labute approximate surface area is 116 Å². The summed E-state index contributed by atoms with van der Waals surface area (Å²) in [5, 5.41) is 0. The third-order valence-corrected chi connectivity index (χ3v) is 3.85. The molecular formula is C15H17BrN2. The second-order valence-corrected chi connectivity index (χ2v) is 5.34. The SMILES string of the molecule is Cc1ccc(C)c(C(NN)c2ccccc2Br)c1. The second kappa shape index (κ2) is 5.65. The molecule has 1 atom stereocenters. The highest BCUT2D eigenvalue weighted by atomic mass is 79.9.